The Balaban J connectivity index is 1.63. The van der Waals surface area contributed by atoms with Gasteiger partial charge in [0.25, 0.3) is 0 Å². The van der Waals surface area contributed by atoms with Gasteiger partial charge in [-0.15, -0.1) is 16.4 Å². The Morgan fingerprint density at radius 3 is 2.59 bits per heavy atom. The van der Waals surface area contributed by atoms with E-state index < -0.39 is 22.9 Å². The zero-order valence-corrected chi connectivity index (χ0v) is 18.4. The topological polar surface area (TPSA) is 70.7 Å². The summed E-state index contributed by atoms with van der Waals surface area (Å²) in [4.78, 5) is 18.4. The zero-order valence-electron chi connectivity index (χ0n) is 16.1. The molecule has 4 aromatic rings. The van der Waals surface area contributed by atoms with E-state index in [1.165, 1.54) is 17.4 Å². The summed E-state index contributed by atoms with van der Waals surface area (Å²) >= 11 is 8.25. The van der Waals surface area contributed by atoms with Gasteiger partial charge in [0.2, 0.25) is 11.1 Å². The van der Waals surface area contributed by atoms with Crippen LogP contribution in [0.3, 0.4) is 0 Å². The first-order valence-electron chi connectivity index (χ1n) is 9.17. The molecule has 2 aromatic heterocycles. The number of halogens is 4. The summed E-state index contributed by atoms with van der Waals surface area (Å²) < 4.78 is 40.3. The number of benzene rings is 2. The van der Waals surface area contributed by atoms with Crippen molar-refractivity contribution in [3.05, 3.63) is 82.2 Å². The van der Waals surface area contributed by atoms with Crippen molar-refractivity contribution in [2.75, 3.05) is 5.32 Å². The second kappa shape index (κ2) is 9.35. The number of H-pyrrole nitrogens is 1. The molecule has 0 bridgehead atoms. The molecule has 2 aromatic carbocycles. The maximum Gasteiger partial charge on any atom is 0.418 e. The highest BCUT2D eigenvalue weighted by Gasteiger charge is 2.35. The second-order valence-electron chi connectivity index (χ2n) is 6.53. The van der Waals surface area contributed by atoms with E-state index >= 15 is 0 Å². The summed E-state index contributed by atoms with van der Waals surface area (Å²) in [6.07, 6.45) is -4.68. The first-order valence-corrected chi connectivity index (χ1v) is 11.3. The van der Waals surface area contributed by atoms with E-state index in [1.807, 2.05) is 17.5 Å². The summed E-state index contributed by atoms with van der Waals surface area (Å²) in [5.74, 6) is -0.0942. The number of aromatic nitrogens is 3. The van der Waals surface area contributed by atoms with Gasteiger partial charge in [0.05, 0.1) is 16.1 Å². The van der Waals surface area contributed by atoms with E-state index in [9.17, 15) is 18.0 Å². The number of alkyl halides is 3. The highest BCUT2D eigenvalue weighted by Crippen LogP contribution is 2.39. The van der Waals surface area contributed by atoms with Gasteiger partial charge in [-0.2, -0.15) is 13.2 Å². The fourth-order valence-corrected chi connectivity index (χ4v) is 4.64. The minimum atomic E-state index is -4.68. The lowest BCUT2D eigenvalue weighted by Gasteiger charge is -2.18. The summed E-state index contributed by atoms with van der Waals surface area (Å²) in [6.45, 7) is 0. The standard InChI is InChI=1S/C21H14ClF3N4OS2/c22-13-8-9-15(14(11-13)21(23,24)25)26-19(30)17(12-5-2-1-3-6-12)32-20-27-18(28-29-20)16-7-4-10-31-16/h1-11,17H,(H,26,30)(H,27,28,29). The third kappa shape index (κ3) is 5.14. The van der Waals surface area contributed by atoms with Crippen LogP contribution in [0.5, 0.6) is 0 Å². The van der Waals surface area contributed by atoms with Crippen LogP contribution in [0.1, 0.15) is 16.4 Å². The fourth-order valence-electron chi connectivity index (χ4n) is 2.89. The molecular formula is C21H14ClF3N4OS2. The Morgan fingerprint density at radius 2 is 1.91 bits per heavy atom. The van der Waals surface area contributed by atoms with Crippen molar-refractivity contribution < 1.29 is 18.0 Å². The second-order valence-corrected chi connectivity index (χ2v) is 8.99. The van der Waals surface area contributed by atoms with Crippen LogP contribution in [0.2, 0.25) is 5.02 Å². The van der Waals surface area contributed by atoms with Crippen molar-refractivity contribution in [2.24, 2.45) is 0 Å². The van der Waals surface area contributed by atoms with Gasteiger partial charge < -0.3 is 5.32 Å². The van der Waals surface area contributed by atoms with E-state index in [2.05, 4.69) is 20.5 Å². The van der Waals surface area contributed by atoms with Gasteiger partial charge in [0, 0.05) is 5.02 Å². The molecule has 164 valence electrons. The van der Waals surface area contributed by atoms with E-state index in [-0.39, 0.29) is 10.7 Å². The third-order valence-corrected chi connectivity index (χ3v) is 6.56. The Bertz CT molecular complexity index is 1210. The molecule has 11 heteroatoms. The number of hydrogen-bond donors (Lipinski definition) is 2. The first kappa shape index (κ1) is 22.4. The van der Waals surface area contributed by atoms with Gasteiger partial charge in [0.1, 0.15) is 5.25 Å². The molecule has 0 saturated carbocycles. The van der Waals surface area contributed by atoms with Crippen LogP contribution in [0.15, 0.2) is 71.2 Å². The van der Waals surface area contributed by atoms with Crippen LogP contribution in [0.25, 0.3) is 10.7 Å². The highest BCUT2D eigenvalue weighted by molar-refractivity contribution is 8.00. The van der Waals surface area contributed by atoms with Crippen molar-refractivity contribution >= 4 is 46.3 Å². The molecule has 4 rings (SSSR count). The predicted octanol–water partition coefficient (Wildman–Crippen LogP) is 6.68. The van der Waals surface area contributed by atoms with Crippen LogP contribution in [0.4, 0.5) is 18.9 Å². The number of aromatic amines is 1. The van der Waals surface area contributed by atoms with Crippen molar-refractivity contribution in [2.45, 2.75) is 16.6 Å². The minimum Gasteiger partial charge on any atom is -0.324 e. The number of nitrogens with zero attached hydrogens (tertiary/aromatic N) is 2. The number of thiophene rings is 1. The number of hydrogen-bond acceptors (Lipinski definition) is 5. The molecule has 1 amide bonds. The zero-order chi connectivity index (χ0) is 22.7. The molecule has 0 radical (unpaired) electrons. The largest absolute Gasteiger partial charge is 0.418 e. The van der Waals surface area contributed by atoms with Gasteiger partial charge >= 0.3 is 6.18 Å². The Morgan fingerprint density at radius 1 is 1.12 bits per heavy atom. The van der Waals surface area contributed by atoms with Crippen molar-refractivity contribution in [1.29, 1.82) is 0 Å². The Kier molecular flexibility index (Phi) is 6.54. The smallest absolute Gasteiger partial charge is 0.324 e. The molecule has 1 unspecified atom stereocenters. The van der Waals surface area contributed by atoms with Crippen LogP contribution >= 0.6 is 34.7 Å². The average molecular weight is 495 g/mol. The SMILES string of the molecule is O=C(Nc1ccc(Cl)cc1C(F)(F)F)C(Sc1n[nH]c(-c2cccs2)n1)c1ccccc1. The third-order valence-electron chi connectivity index (χ3n) is 4.33. The minimum absolute atomic E-state index is 0.0777. The summed E-state index contributed by atoms with van der Waals surface area (Å²) in [5.41, 5.74) is -0.796. The average Bonchev–Trinajstić information content (AvgIpc) is 3.45. The normalized spacial score (nSPS) is 12.5. The van der Waals surface area contributed by atoms with E-state index in [0.29, 0.717) is 16.5 Å². The van der Waals surface area contributed by atoms with Gasteiger partial charge in [-0.3, -0.25) is 9.89 Å². The molecule has 0 spiro atoms. The van der Waals surface area contributed by atoms with Gasteiger partial charge in [0.15, 0.2) is 5.82 Å². The number of carbonyl (C=O) groups excluding carboxylic acids is 1. The number of amides is 1. The monoisotopic (exact) mass is 494 g/mol. The summed E-state index contributed by atoms with van der Waals surface area (Å²) in [6, 6.07) is 15.7. The number of carbonyl (C=O) groups is 1. The van der Waals surface area contributed by atoms with Gasteiger partial charge in [-0.05, 0) is 35.2 Å². The van der Waals surface area contributed by atoms with Crippen LogP contribution in [0, 0.1) is 0 Å². The van der Waals surface area contributed by atoms with Crippen molar-refractivity contribution in [3.63, 3.8) is 0 Å². The summed E-state index contributed by atoms with van der Waals surface area (Å²) in [5, 5.41) is 10.6. The maximum absolute atomic E-state index is 13.4. The molecule has 0 aliphatic rings. The number of thioether (sulfide) groups is 1. The Hall–Kier alpha value is -2.82. The van der Waals surface area contributed by atoms with E-state index in [4.69, 9.17) is 11.6 Å². The highest BCUT2D eigenvalue weighted by atomic mass is 35.5. The molecule has 1 atom stereocenters. The number of rotatable bonds is 6. The van der Waals surface area contributed by atoms with Gasteiger partial charge in [-0.25, -0.2) is 4.98 Å². The molecule has 32 heavy (non-hydrogen) atoms. The lowest BCUT2D eigenvalue weighted by molar-refractivity contribution is -0.137. The van der Waals surface area contributed by atoms with Crippen molar-refractivity contribution in [1.82, 2.24) is 15.2 Å². The lowest BCUT2D eigenvalue weighted by atomic mass is 10.1. The van der Waals surface area contributed by atoms with Crippen LogP contribution in [-0.4, -0.2) is 21.1 Å². The van der Waals surface area contributed by atoms with E-state index in [0.717, 1.165) is 28.8 Å². The summed E-state index contributed by atoms with van der Waals surface area (Å²) in [7, 11) is 0. The quantitative estimate of drug-likeness (QED) is 0.293. The molecule has 5 nitrogen and oxygen atoms in total. The molecule has 0 aliphatic heterocycles. The first-order chi connectivity index (χ1) is 15.3. The number of nitrogens with one attached hydrogen (secondary N) is 2. The molecule has 0 aliphatic carbocycles. The number of anilines is 1. The van der Waals surface area contributed by atoms with E-state index in [1.54, 1.807) is 30.3 Å². The van der Waals surface area contributed by atoms with Crippen molar-refractivity contribution in [3.8, 4) is 10.7 Å². The Labute approximate surface area is 194 Å². The van der Waals surface area contributed by atoms with Crippen LogP contribution < -0.4 is 5.32 Å². The molecule has 2 N–H and O–H groups in total. The molecule has 0 fully saturated rings. The van der Waals surface area contributed by atoms with Gasteiger partial charge in [-0.1, -0.05) is 59.8 Å². The molecule has 0 saturated heterocycles. The van der Waals surface area contributed by atoms with Crippen LogP contribution in [-0.2, 0) is 11.0 Å². The predicted molar refractivity (Wildman–Crippen MR) is 120 cm³/mol. The molecule has 2 heterocycles. The lowest BCUT2D eigenvalue weighted by Crippen LogP contribution is -2.21. The maximum atomic E-state index is 13.4. The molecular weight excluding hydrogens is 481 g/mol. The fraction of sp³-hybridized carbons (Fsp3) is 0.0952.